The number of hydrogen-bond donors (Lipinski definition) is 1. The normalized spacial score (nSPS) is 17.5. The van der Waals surface area contributed by atoms with Crippen LogP contribution in [0.1, 0.15) is 43.2 Å². The third-order valence-corrected chi connectivity index (χ3v) is 3.65. The Kier molecular flexibility index (Phi) is 2.65. The summed E-state index contributed by atoms with van der Waals surface area (Å²) in [6.45, 7) is 0. The molecular formula is C14H18N2. The molecule has 1 aliphatic carbocycles. The van der Waals surface area contributed by atoms with E-state index in [4.69, 9.17) is 0 Å². The number of hydrogen-bond acceptors (Lipinski definition) is 1. The van der Waals surface area contributed by atoms with Gasteiger partial charge in [-0.05, 0) is 48.9 Å². The van der Waals surface area contributed by atoms with Crippen molar-refractivity contribution in [2.24, 2.45) is 0 Å². The van der Waals surface area contributed by atoms with Crippen molar-refractivity contribution in [3.05, 3.63) is 29.5 Å². The van der Waals surface area contributed by atoms with Crippen LogP contribution in [-0.4, -0.2) is 10.2 Å². The zero-order valence-electron chi connectivity index (χ0n) is 9.63. The van der Waals surface area contributed by atoms with Crippen LogP contribution in [0.25, 0.3) is 10.9 Å². The van der Waals surface area contributed by atoms with Crippen molar-refractivity contribution in [1.29, 1.82) is 0 Å². The standard InChI is InChI=1S/C14H18N2/c1-2-4-6-11-8-13-10-15-16-14(13)9-12(11)7-5-3-1/h8-10H,1-7H2,(H,15,16). The van der Waals surface area contributed by atoms with Crippen molar-refractivity contribution in [2.75, 3.05) is 0 Å². The summed E-state index contributed by atoms with van der Waals surface area (Å²) in [5, 5.41) is 8.45. The quantitative estimate of drug-likeness (QED) is 0.713. The molecule has 1 aromatic heterocycles. The third-order valence-electron chi connectivity index (χ3n) is 3.65. The first kappa shape index (κ1) is 9.88. The highest BCUT2D eigenvalue weighted by molar-refractivity contribution is 5.79. The van der Waals surface area contributed by atoms with E-state index in [1.165, 1.54) is 55.8 Å². The molecule has 0 radical (unpaired) electrons. The van der Waals surface area contributed by atoms with E-state index >= 15 is 0 Å². The maximum absolute atomic E-state index is 4.11. The molecule has 0 saturated heterocycles. The van der Waals surface area contributed by atoms with Crippen LogP contribution in [-0.2, 0) is 12.8 Å². The summed E-state index contributed by atoms with van der Waals surface area (Å²) in [4.78, 5) is 0. The predicted octanol–water partition coefficient (Wildman–Crippen LogP) is 3.61. The molecule has 1 N–H and O–H groups in total. The third kappa shape index (κ3) is 1.84. The molecule has 0 saturated carbocycles. The number of benzene rings is 1. The number of aromatic nitrogens is 2. The zero-order chi connectivity index (χ0) is 10.8. The maximum Gasteiger partial charge on any atom is 0.0653 e. The summed E-state index contributed by atoms with van der Waals surface area (Å²) in [5.41, 5.74) is 4.28. The van der Waals surface area contributed by atoms with Crippen LogP contribution in [0.15, 0.2) is 18.3 Å². The zero-order valence-corrected chi connectivity index (χ0v) is 9.63. The smallest absolute Gasteiger partial charge is 0.0653 e. The number of nitrogens with one attached hydrogen (secondary N) is 1. The van der Waals surface area contributed by atoms with E-state index < -0.39 is 0 Å². The fourth-order valence-corrected chi connectivity index (χ4v) is 2.71. The summed E-state index contributed by atoms with van der Waals surface area (Å²) >= 11 is 0. The van der Waals surface area contributed by atoms with E-state index in [2.05, 4.69) is 22.3 Å². The summed E-state index contributed by atoms with van der Waals surface area (Å²) in [5.74, 6) is 0. The van der Waals surface area contributed by atoms with E-state index in [1.807, 2.05) is 6.20 Å². The first-order valence-corrected chi connectivity index (χ1v) is 6.38. The van der Waals surface area contributed by atoms with Gasteiger partial charge in [0.2, 0.25) is 0 Å². The molecule has 0 amide bonds. The van der Waals surface area contributed by atoms with Crippen molar-refractivity contribution in [3.63, 3.8) is 0 Å². The highest BCUT2D eigenvalue weighted by Gasteiger charge is 2.08. The van der Waals surface area contributed by atoms with Crippen LogP contribution < -0.4 is 0 Å². The Morgan fingerprint density at radius 1 is 0.875 bits per heavy atom. The molecule has 1 heterocycles. The summed E-state index contributed by atoms with van der Waals surface area (Å²) in [6.07, 6.45) is 11.3. The van der Waals surface area contributed by atoms with E-state index in [0.717, 1.165) is 0 Å². The molecule has 0 atom stereocenters. The highest BCUT2D eigenvalue weighted by Crippen LogP contribution is 2.24. The maximum atomic E-state index is 4.11. The Morgan fingerprint density at radius 2 is 1.56 bits per heavy atom. The van der Waals surface area contributed by atoms with Gasteiger partial charge in [0, 0.05) is 5.39 Å². The highest BCUT2D eigenvalue weighted by atomic mass is 15.1. The van der Waals surface area contributed by atoms with E-state index in [-0.39, 0.29) is 0 Å². The van der Waals surface area contributed by atoms with Gasteiger partial charge in [0.05, 0.1) is 11.7 Å². The second-order valence-electron chi connectivity index (χ2n) is 4.85. The van der Waals surface area contributed by atoms with Crippen LogP contribution in [0.5, 0.6) is 0 Å². The predicted molar refractivity (Wildman–Crippen MR) is 66.6 cm³/mol. The Bertz CT molecular complexity index is 442. The monoisotopic (exact) mass is 214 g/mol. The van der Waals surface area contributed by atoms with Crippen molar-refractivity contribution >= 4 is 10.9 Å². The molecular weight excluding hydrogens is 196 g/mol. The SMILES string of the molecule is c1n[nH]c2cc3c(cc12)CCCCCCC3. The molecule has 1 aromatic carbocycles. The first-order valence-electron chi connectivity index (χ1n) is 6.38. The number of nitrogens with zero attached hydrogens (tertiary/aromatic N) is 1. The van der Waals surface area contributed by atoms with Gasteiger partial charge in [0.25, 0.3) is 0 Å². The van der Waals surface area contributed by atoms with E-state index in [9.17, 15) is 0 Å². The van der Waals surface area contributed by atoms with Crippen molar-refractivity contribution in [1.82, 2.24) is 10.2 Å². The Balaban J connectivity index is 2.03. The first-order chi connectivity index (χ1) is 7.93. The average molecular weight is 214 g/mol. The van der Waals surface area contributed by atoms with Gasteiger partial charge in [-0.25, -0.2) is 0 Å². The lowest BCUT2D eigenvalue weighted by atomic mass is 9.98. The minimum absolute atomic E-state index is 1.19. The van der Waals surface area contributed by atoms with E-state index in [0.29, 0.717) is 0 Å². The van der Waals surface area contributed by atoms with Gasteiger partial charge in [-0.3, -0.25) is 5.10 Å². The summed E-state index contributed by atoms with van der Waals surface area (Å²) in [7, 11) is 0. The van der Waals surface area contributed by atoms with Crippen LogP contribution in [0.4, 0.5) is 0 Å². The molecule has 84 valence electrons. The molecule has 1 aliphatic rings. The van der Waals surface area contributed by atoms with Crippen LogP contribution in [0, 0.1) is 0 Å². The number of H-pyrrole nitrogens is 1. The Morgan fingerprint density at radius 3 is 2.38 bits per heavy atom. The van der Waals surface area contributed by atoms with Gasteiger partial charge in [-0.2, -0.15) is 5.10 Å². The average Bonchev–Trinajstić information content (AvgIpc) is 2.76. The molecule has 3 rings (SSSR count). The largest absolute Gasteiger partial charge is 0.278 e. The van der Waals surface area contributed by atoms with Crippen LogP contribution in [0.2, 0.25) is 0 Å². The molecule has 2 aromatic rings. The van der Waals surface area contributed by atoms with Gasteiger partial charge >= 0.3 is 0 Å². The lowest BCUT2D eigenvalue weighted by Gasteiger charge is -2.07. The van der Waals surface area contributed by atoms with Crippen molar-refractivity contribution < 1.29 is 0 Å². The number of aryl methyl sites for hydroxylation is 2. The lowest BCUT2D eigenvalue weighted by molar-refractivity contribution is 0.629. The number of fused-ring (bicyclic) bond motifs is 2. The van der Waals surface area contributed by atoms with Crippen LogP contribution in [0.3, 0.4) is 0 Å². The second-order valence-corrected chi connectivity index (χ2v) is 4.85. The molecule has 16 heavy (non-hydrogen) atoms. The molecule has 0 spiro atoms. The number of rotatable bonds is 0. The van der Waals surface area contributed by atoms with Gasteiger partial charge in [-0.1, -0.05) is 19.3 Å². The molecule has 0 unspecified atom stereocenters. The van der Waals surface area contributed by atoms with Gasteiger partial charge in [0.15, 0.2) is 0 Å². The molecule has 2 heteroatoms. The minimum atomic E-state index is 1.19. The van der Waals surface area contributed by atoms with Crippen molar-refractivity contribution in [3.8, 4) is 0 Å². The lowest BCUT2D eigenvalue weighted by Crippen LogP contribution is -1.93. The van der Waals surface area contributed by atoms with Gasteiger partial charge < -0.3 is 0 Å². The molecule has 0 fully saturated rings. The van der Waals surface area contributed by atoms with E-state index in [1.54, 1.807) is 11.1 Å². The van der Waals surface area contributed by atoms with Crippen LogP contribution >= 0.6 is 0 Å². The fourth-order valence-electron chi connectivity index (χ4n) is 2.71. The molecule has 2 nitrogen and oxygen atoms in total. The Hall–Kier alpha value is -1.31. The summed E-state index contributed by atoms with van der Waals surface area (Å²) in [6, 6.07) is 4.64. The van der Waals surface area contributed by atoms with Gasteiger partial charge in [-0.15, -0.1) is 0 Å². The van der Waals surface area contributed by atoms with Crippen molar-refractivity contribution in [2.45, 2.75) is 44.9 Å². The molecule has 0 bridgehead atoms. The number of aromatic amines is 1. The Labute approximate surface area is 96.1 Å². The molecule has 0 aliphatic heterocycles. The second kappa shape index (κ2) is 4.28. The fraction of sp³-hybridized carbons (Fsp3) is 0.500. The topological polar surface area (TPSA) is 28.7 Å². The summed E-state index contributed by atoms with van der Waals surface area (Å²) < 4.78 is 0. The minimum Gasteiger partial charge on any atom is -0.278 e. The van der Waals surface area contributed by atoms with Gasteiger partial charge in [0.1, 0.15) is 0 Å².